The molecule has 18 heavy (non-hydrogen) atoms. The molecule has 0 spiro atoms. The predicted octanol–water partition coefficient (Wildman–Crippen LogP) is 3.05. The molecule has 2 N–H and O–H groups in total. The van der Waals surface area contributed by atoms with Crippen LogP contribution in [0.15, 0.2) is 24.3 Å². The number of benzene rings is 1. The van der Waals surface area contributed by atoms with Crippen LogP contribution in [0.25, 0.3) is 0 Å². The number of aromatic carboxylic acids is 1. The number of nitrogens with one attached hydrogen (secondary N) is 1. The summed E-state index contributed by atoms with van der Waals surface area (Å²) in [5.41, 5.74) is 1.50. The molecule has 98 valence electrons. The molecule has 0 aliphatic heterocycles. The van der Waals surface area contributed by atoms with Crippen LogP contribution in [0, 0.1) is 5.92 Å². The first-order valence-electron chi connectivity index (χ1n) is 6.72. The lowest BCUT2D eigenvalue weighted by atomic mass is 9.86. The van der Waals surface area contributed by atoms with Crippen molar-refractivity contribution in [3.05, 3.63) is 35.4 Å². The van der Waals surface area contributed by atoms with Crippen molar-refractivity contribution < 1.29 is 9.90 Å². The van der Waals surface area contributed by atoms with Crippen LogP contribution in [-0.4, -0.2) is 17.1 Å². The Morgan fingerprint density at radius 1 is 1.28 bits per heavy atom. The van der Waals surface area contributed by atoms with Crippen LogP contribution >= 0.6 is 0 Å². The third-order valence-electron chi connectivity index (χ3n) is 3.88. The summed E-state index contributed by atoms with van der Waals surface area (Å²) in [6.07, 6.45) is 5.25. The highest BCUT2D eigenvalue weighted by molar-refractivity contribution is 5.87. The van der Waals surface area contributed by atoms with E-state index in [2.05, 4.69) is 12.2 Å². The van der Waals surface area contributed by atoms with Crippen molar-refractivity contribution in [1.29, 1.82) is 0 Å². The van der Waals surface area contributed by atoms with Crippen molar-refractivity contribution in [2.75, 3.05) is 0 Å². The number of hydrogen-bond donors (Lipinski definition) is 2. The van der Waals surface area contributed by atoms with Gasteiger partial charge in [-0.3, -0.25) is 0 Å². The molecule has 2 rings (SSSR count). The van der Waals surface area contributed by atoms with Gasteiger partial charge in [-0.25, -0.2) is 4.79 Å². The van der Waals surface area contributed by atoms with E-state index in [-0.39, 0.29) is 0 Å². The van der Waals surface area contributed by atoms with Gasteiger partial charge in [0.25, 0.3) is 0 Å². The minimum Gasteiger partial charge on any atom is -0.478 e. The topological polar surface area (TPSA) is 49.3 Å². The second-order valence-corrected chi connectivity index (χ2v) is 5.25. The second kappa shape index (κ2) is 6.01. The molecule has 1 aliphatic carbocycles. The zero-order valence-corrected chi connectivity index (χ0v) is 10.9. The quantitative estimate of drug-likeness (QED) is 0.859. The summed E-state index contributed by atoms with van der Waals surface area (Å²) in [4.78, 5) is 10.7. The molecule has 0 aromatic heterocycles. The molecule has 0 heterocycles. The maximum Gasteiger partial charge on any atom is 0.335 e. The lowest BCUT2D eigenvalue weighted by Gasteiger charge is -2.29. The maximum absolute atomic E-state index is 10.7. The van der Waals surface area contributed by atoms with Gasteiger partial charge < -0.3 is 10.4 Å². The SMILES string of the molecule is CC1CCCCC1NCc1ccc(C(=O)O)cc1. The van der Waals surface area contributed by atoms with Crippen LogP contribution in [-0.2, 0) is 6.54 Å². The highest BCUT2D eigenvalue weighted by atomic mass is 16.4. The summed E-state index contributed by atoms with van der Waals surface area (Å²) in [7, 11) is 0. The van der Waals surface area contributed by atoms with Gasteiger partial charge in [-0.05, 0) is 36.5 Å². The Kier molecular flexibility index (Phi) is 4.37. The minimum absolute atomic E-state index is 0.352. The van der Waals surface area contributed by atoms with E-state index in [0.29, 0.717) is 11.6 Å². The molecule has 2 unspecified atom stereocenters. The van der Waals surface area contributed by atoms with E-state index in [1.165, 1.54) is 25.7 Å². The van der Waals surface area contributed by atoms with E-state index < -0.39 is 5.97 Å². The third kappa shape index (κ3) is 3.33. The van der Waals surface area contributed by atoms with Gasteiger partial charge in [-0.2, -0.15) is 0 Å². The largest absolute Gasteiger partial charge is 0.478 e. The van der Waals surface area contributed by atoms with E-state index in [1.807, 2.05) is 12.1 Å². The van der Waals surface area contributed by atoms with Gasteiger partial charge in [0.2, 0.25) is 0 Å². The minimum atomic E-state index is -0.865. The Labute approximate surface area is 108 Å². The zero-order chi connectivity index (χ0) is 13.0. The molecular formula is C15H21NO2. The Hall–Kier alpha value is -1.35. The summed E-state index contributed by atoms with van der Waals surface area (Å²) in [5, 5.41) is 12.4. The molecule has 2 atom stereocenters. The van der Waals surface area contributed by atoms with Crippen molar-refractivity contribution in [2.45, 2.75) is 45.2 Å². The van der Waals surface area contributed by atoms with Gasteiger partial charge in [0, 0.05) is 12.6 Å². The van der Waals surface area contributed by atoms with Crippen molar-refractivity contribution >= 4 is 5.97 Å². The summed E-state index contributed by atoms with van der Waals surface area (Å²) < 4.78 is 0. The summed E-state index contributed by atoms with van der Waals surface area (Å²) >= 11 is 0. The average Bonchev–Trinajstić information content (AvgIpc) is 2.38. The van der Waals surface area contributed by atoms with Crippen LogP contribution in [0.4, 0.5) is 0 Å². The van der Waals surface area contributed by atoms with Crippen molar-refractivity contribution in [3.8, 4) is 0 Å². The van der Waals surface area contributed by atoms with Crippen LogP contribution in [0.5, 0.6) is 0 Å². The van der Waals surface area contributed by atoms with Crippen molar-refractivity contribution in [3.63, 3.8) is 0 Å². The third-order valence-corrected chi connectivity index (χ3v) is 3.88. The van der Waals surface area contributed by atoms with Crippen LogP contribution in [0.2, 0.25) is 0 Å². The fourth-order valence-corrected chi connectivity index (χ4v) is 2.63. The van der Waals surface area contributed by atoms with E-state index >= 15 is 0 Å². The van der Waals surface area contributed by atoms with E-state index in [1.54, 1.807) is 12.1 Å². The first-order chi connectivity index (χ1) is 8.66. The predicted molar refractivity (Wildman–Crippen MR) is 71.7 cm³/mol. The van der Waals surface area contributed by atoms with Crippen molar-refractivity contribution in [1.82, 2.24) is 5.32 Å². The Balaban J connectivity index is 1.87. The number of rotatable bonds is 4. The normalized spacial score (nSPS) is 23.8. The van der Waals surface area contributed by atoms with E-state index in [0.717, 1.165) is 18.0 Å². The van der Waals surface area contributed by atoms with Gasteiger partial charge >= 0.3 is 5.97 Å². The molecule has 3 heteroatoms. The molecule has 0 amide bonds. The number of carbonyl (C=O) groups is 1. The average molecular weight is 247 g/mol. The lowest BCUT2D eigenvalue weighted by Crippen LogP contribution is -2.36. The molecular weight excluding hydrogens is 226 g/mol. The summed E-state index contributed by atoms with van der Waals surface area (Å²) in [5.74, 6) is -0.118. The number of carboxylic acids is 1. The molecule has 1 aromatic carbocycles. The van der Waals surface area contributed by atoms with Gasteiger partial charge in [-0.1, -0.05) is 31.9 Å². The molecule has 1 aromatic rings. The molecule has 0 radical (unpaired) electrons. The van der Waals surface area contributed by atoms with Crippen LogP contribution in [0.1, 0.15) is 48.5 Å². The van der Waals surface area contributed by atoms with Gasteiger partial charge in [-0.15, -0.1) is 0 Å². The standard InChI is InChI=1S/C15H21NO2/c1-11-4-2-3-5-14(11)16-10-12-6-8-13(9-7-12)15(17)18/h6-9,11,14,16H,2-5,10H2,1H3,(H,17,18). The van der Waals surface area contributed by atoms with Gasteiger partial charge in [0.1, 0.15) is 0 Å². The fraction of sp³-hybridized carbons (Fsp3) is 0.533. The Morgan fingerprint density at radius 2 is 1.94 bits per heavy atom. The Bertz CT molecular complexity index is 399. The maximum atomic E-state index is 10.7. The number of hydrogen-bond acceptors (Lipinski definition) is 2. The molecule has 1 saturated carbocycles. The molecule has 0 bridgehead atoms. The Morgan fingerprint density at radius 3 is 2.56 bits per heavy atom. The second-order valence-electron chi connectivity index (χ2n) is 5.25. The summed E-state index contributed by atoms with van der Waals surface area (Å²) in [6, 6.07) is 7.74. The van der Waals surface area contributed by atoms with Crippen LogP contribution < -0.4 is 5.32 Å². The fourth-order valence-electron chi connectivity index (χ4n) is 2.63. The first-order valence-corrected chi connectivity index (χ1v) is 6.72. The van der Waals surface area contributed by atoms with Crippen LogP contribution in [0.3, 0.4) is 0 Å². The molecule has 0 saturated heterocycles. The monoisotopic (exact) mass is 247 g/mol. The van der Waals surface area contributed by atoms with Gasteiger partial charge in [0.05, 0.1) is 5.56 Å². The lowest BCUT2D eigenvalue weighted by molar-refractivity contribution is 0.0697. The van der Waals surface area contributed by atoms with E-state index in [4.69, 9.17) is 5.11 Å². The molecule has 3 nitrogen and oxygen atoms in total. The smallest absolute Gasteiger partial charge is 0.335 e. The zero-order valence-electron chi connectivity index (χ0n) is 10.9. The molecule has 1 aliphatic rings. The summed E-state index contributed by atoms with van der Waals surface area (Å²) in [6.45, 7) is 3.14. The van der Waals surface area contributed by atoms with Crippen molar-refractivity contribution in [2.24, 2.45) is 5.92 Å². The van der Waals surface area contributed by atoms with E-state index in [9.17, 15) is 4.79 Å². The first kappa shape index (κ1) is 13.1. The number of carboxylic acid groups (broad SMARTS) is 1. The van der Waals surface area contributed by atoms with Gasteiger partial charge in [0.15, 0.2) is 0 Å². The highest BCUT2D eigenvalue weighted by Gasteiger charge is 2.20. The molecule has 1 fully saturated rings. The highest BCUT2D eigenvalue weighted by Crippen LogP contribution is 2.23.